The molecule has 19 heavy (non-hydrogen) atoms. The Morgan fingerprint density at radius 2 is 1.53 bits per heavy atom. The summed E-state index contributed by atoms with van der Waals surface area (Å²) in [6.07, 6.45) is 11.2. The van der Waals surface area contributed by atoms with Crippen LogP contribution in [0.1, 0.15) is 63.5 Å². The van der Waals surface area contributed by atoms with Crippen molar-refractivity contribution in [3.8, 4) is 0 Å². The highest BCUT2D eigenvalue weighted by Crippen LogP contribution is 2.38. The van der Waals surface area contributed by atoms with E-state index in [0.29, 0.717) is 0 Å². The zero-order valence-electron chi connectivity index (χ0n) is 13.3. The molecular formula is C18H31P. The van der Waals surface area contributed by atoms with Gasteiger partial charge < -0.3 is 0 Å². The van der Waals surface area contributed by atoms with E-state index in [1.165, 1.54) is 56.4 Å². The Morgan fingerprint density at radius 3 is 2.21 bits per heavy atom. The minimum atomic E-state index is 0.0847. The van der Waals surface area contributed by atoms with Crippen molar-refractivity contribution in [2.24, 2.45) is 0 Å². The van der Waals surface area contributed by atoms with Gasteiger partial charge >= 0.3 is 0 Å². The molecule has 0 nitrogen and oxygen atoms in total. The van der Waals surface area contributed by atoms with Crippen molar-refractivity contribution in [3.05, 3.63) is 29.3 Å². The van der Waals surface area contributed by atoms with E-state index in [4.69, 9.17) is 0 Å². The van der Waals surface area contributed by atoms with Crippen LogP contribution in [0.3, 0.4) is 0 Å². The van der Waals surface area contributed by atoms with Crippen LogP contribution in [0.4, 0.5) is 0 Å². The summed E-state index contributed by atoms with van der Waals surface area (Å²) in [5.41, 5.74) is 3.02. The van der Waals surface area contributed by atoms with E-state index in [-0.39, 0.29) is 7.92 Å². The smallest absolute Gasteiger partial charge is 0.0209 e. The third kappa shape index (κ3) is 5.65. The lowest BCUT2D eigenvalue weighted by Crippen LogP contribution is -2.11. The number of hydrogen-bond acceptors (Lipinski definition) is 0. The first kappa shape index (κ1) is 16.7. The predicted molar refractivity (Wildman–Crippen MR) is 91.3 cm³/mol. The van der Waals surface area contributed by atoms with E-state index < -0.39 is 0 Å². The van der Waals surface area contributed by atoms with Crippen molar-refractivity contribution in [1.29, 1.82) is 0 Å². The summed E-state index contributed by atoms with van der Waals surface area (Å²) in [5, 5.41) is 1.68. The van der Waals surface area contributed by atoms with Crippen molar-refractivity contribution in [2.45, 2.75) is 66.2 Å². The van der Waals surface area contributed by atoms with E-state index in [2.05, 4.69) is 45.9 Å². The van der Waals surface area contributed by atoms with Crippen molar-refractivity contribution >= 4 is 13.2 Å². The SMILES string of the molecule is CCCCCCP(CCCC)c1cccc(C)c1C. The number of rotatable bonds is 9. The average molecular weight is 278 g/mol. The van der Waals surface area contributed by atoms with Gasteiger partial charge in [-0.2, -0.15) is 0 Å². The van der Waals surface area contributed by atoms with E-state index >= 15 is 0 Å². The van der Waals surface area contributed by atoms with Crippen LogP contribution in [0.2, 0.25) is 0 Å². The summed E-state index contributed by atoms with van der Waals surface area (Å²) in [6.45, 7) is 9.18. The molecule has 0 spiro atoms. The molecule has 0 radical (unpaired) electrons. The van der Waals surface area contributed by atoms with Crippen LogP contribution in [0.15, 0.2) is 18.2 Å². The Kier molecular flexibility index (Phi) is 8.38. The second-order valence-electron chi connectivity index (χ2n) is 5.62. The van der Waals surface area contributed by atoms with E-state index in [0.717, 1.165) is 0 Å². The molecule has 1 unspecified atom stereocenters. The summed E-state index contributed by atoms with van der Waals surface area (Å²) < 4.78 is 0. The molecule has 0 bridgehead atoms. The molecule has 0 aromatic heterocycles. The van der Waals surface area contributed by atoms with Gasteiger partial charge in [-0.1, -0.05) is 65.7 Å². The molecule has 0 aliphatic heterocycles. The molecule has 0 saturated heterocycles. The maximum absolute atomic E-state index is 2.39. The fourth-order valence-electron chi connectivity index (χ4n) is 2.51. The monoisotopic (exact) mass is 278 g/mol. The van der Waals surface area contributed by atoms with Gasteiger partial charge in [0.05, 0.1) is 0 Å². The highest BCUT2D eigenvalue weighted by molar-refractivity contribution is 7.65. The first-order valence-electron chi connectivity index (χ1n) is 8.01. The number of hydrogen-bond donors (Lipinski definition) is 0. The molecule has 0 saturated carbocycles. The van der Waals surface area contributed by atoms with Crippen molar-refractivity contribution in [2.75, 3.05) is 12.3 Å². The third-order valence-corrected chi connectivity index (χ3v) is 6.86. The first-order valence-corrected chi connectivity index (χ1v) is 9.73. The molecule has 108 valence electrons. The summed E-state index contributed by atoms with van der Waals surface area (Å²) in [6, 6.07) is 6.90. The van der Waals surface area contributed by atoms with Gasteiger partial charge in [-0.15, -0.1) is 0 Å². The predicted octanol–water partition coefficient (Wildman–Crippen LogP) is 5.79. The maximum Gasteiger partial charge on any atom is -0.0209 e. The second kappa shape index (κ2) is 9.54. The number of unbranched alkanes of at least 4 members (excludes halogenated alkanes) is 4. The van der Waals surface area contributed by atoms with Gasteiger partial charge in [0, 0.05) is 0 Å². The van der Waals surface area contributed by atoms with E-state index in [1.54, 1.807) is 10.9 Å². The van der Waals surface area contributed by atoms with E-state index in [9.17, 15) is 0 Å². The van der Waals surface area contributed by atoms with Gasteiger partial charge in [0.1, 0.15) is 0 Å². The van der Waals surface area contributed by atoms with Gasteiger partial charge in [0.15, 0.2) is 0 Å². The van der Waals surface area contributed by atoms with Gasteiger partial charge in [-0.25, -0.2) is 0 Å². The fourth-order valence-corrected chi connectivity index (χ4v) is 5.47. The lowest BCUT2D eigenvalue weighted by molar-refractivity contribution is 0.704. The van der Waals surface area contributed by atoms with Crippen LogP contribution in [-0.2, 0) is 0 Å². The Hall–Kier alpha value is -0.350. The van der Waals surface area contributed by atoms with Crippen molar-refractivity contribution in [1.82, 2.24) is 0 Å². The molecule has 0 heterocycles. The molecule has 1 atom stereocenters. The molecular weight excluding hydrogens is 247 g/mol. The average Bonchev–Trinajstić information content (AvgIpc) is 2.42. The zero-order chi connectivity index (χ0) is 14.1. The van der Waals surface area contributed by atoms with Crippen molar-refractivity contribution in [3.63, 3.8) is 0 Å². The largest absolute Gasteiger partial charge is 0.0750 e. The molecule has 1 aromatic rings. The highest BCUT2D eigenvalue weighted by Gasteiger charge is 2.13. The van der Waals surface area contributed by atoms with E-state index in [1.807, 2.05) is 0 Å². The summed E-state index contributed by atoms with van der Waals surface area (Å²) in [4.78, 5) is 0. The third-order valence-electron chi connectivity index (χ3n) is 3.98. The summed E-state index contributed by atoms with van der Waals surface area (Å²) in [5.74, 6) is 0. The fraction of sp³-hybridized carbons (Fsp3) is 0.667. The molecule has 1 aromatic carbocycles. The lowest BCUT2D eigenvalue weighted by atomic mass is 10.1. The summed E-state index contributed by atoms with van der Waals surface area (Å²) >= 11 is 0. The molecule has 0 aliphatic carbocycles. The van der Waals surface area contributed by atoms with Crippen LogP contribution in [-0.4, -0.2) is 12.3 Å². The Balaban J connectivity index is 2.69. The minimum absolute atomic E-state index is 0.0847. The number of aryl methyl sites for hydroxylation is 1. The van der Waals surface area contributed by atoms with Gasteiger partial charge in [-0.3, -0.25) is 0 Å². The molecule has 1 rings (SSSR count). The molecule has 0 aliphatic rings. The summed E-state index contributed by atoms with van der Waals surface area (Å²) in [7, 11) is 0.0847. The Bertz CT molecular complexity index is 357. The van der Waals surface area contributed by atoms with Crippen LogP contribution in [0, 0.1) is 13.8 Å². The lowest BCUT2D eigenvalue weighted by Gasteiger charge is -2.21. The van der Waals surface area contributed by atoms with Gasteiger partial charge in [-0.05, 0) is 55.4 Å². The molecule has 0 fully saturated rings. The molecule has 0 amide bonds. The second-order valence-corrected chi connectivity index (χ2v) is 8.08. The molecule has 1 heteroatoms. The van der Waals surface area contributed by atoms with Crippen LogP contribution < -0.4 is 5.30 Å². The number of benzene rings is 1. The quantitative estimate of drug-likeness (QED) is 0.396. The minimum Gasteiger partial charge on any atom is -0.0750 e. The maximum atomic E-state index is 2.39. The topological polar surface area (TPSA) is 0 Å². The Morgan fingerprint density at radius 1 is 0.842 bits per heavy atom. The molecule has 0 N–H and O–H groups in total. The normalized spacial score (nSPS) is 12.6. The van der Waals surface area contributed by atoms with Crippen LogP contribution in [0.25, 0.3) is 0 Å². The van der Waals surface area contributed by atoms with Gasteiger partial charge in [0.2, 0.25) is 0 Å². The van der Waals surface area contributed by atoms with Crippen LogP contribution >= 0.6 is 7.92 Å². The van der Waals surface area contributed by atoms with Crippen LogP contribution in [0.5, 0.6) is 0 Å². The first-order chi connectivity index (χ1) is 9.20. The van der Waals surface area contributed by atoms with Gasteiger partial charge in [0.25, 0.3) is 0 Å². The zero-order valence-corrected chi connectivity index (χ0v) is 14.2. The standard InChI is InChI=1S/C18H31P/c1-5-7-9-10-15-19(14-8-6-2)18-13-11-12-16(3)17(18)4/h11-13H,5-10,14-15H2,1-4H3. The Labute approximate surface area is 121 Å². The highest BCUT2D eigenvalue weighted by atomic mass is 31.1. The van der Waals surface area contributed by atoms with Crippen molar-refractivity contribution < 1.29 is 0 Å².